The second kappa shape index (κ2) is 6.02. The van der Waals surface area contributed by atoms with Crippen LogP contribution in [0.5, 0.6) is 5.75 Å². The molecule has 1 heterocycles. The van der Waals surface area contributed by atoms with Gasteiger partial charge in [0.05, 0.1) is 6.04 Å². The van der Waals surface area contributed by atoms with E-state index in [4.69, 9.17) is 22.1 Å². The Balaban J connectivity index is 1.93. The smallest absolute Gasteiger partial charge is 0.252 e. The van der Waals surface area contributed by atoms with E-state index in [9.17, 15) is 4.79 Å². The summed E-state index contributed by atoms with van der Waals surface area (Å²) in [5, 5.41) is 3.69. The van der Waals surface area contributed by atoms with E-state index < -0.39 is 0 Å². The van der Waals surface area contributed by atoms with Gasteiger partial charge >= 0.3 is 0 Å². The summed E-state index contributed by atoms with van der Waals surface area (Å²) in [5.41, 5.74) is 8.45. The maximum absolute atomic E-state index is 12.7. The number of benzene rings is 2. The van der Waals surface area contributed by atoms with Gasteiger partial charge in [-0.15, -0.1) is 0 Å². The van der Waals surface area contributed by atoms with Crippen LogP contribution in [-0.2, 0) is 0 Å². The Morgan fingerprint density at radius 3 is 2.83 bits per heavy atom. The van der Waals surface area contributed by atoms with Crippen molar-refractivity contribution in [2.24, 2.45) is 0 Å². The zero-order chi connectivity index (χ0) is 17.5. The molecule has 1 unspecified atom stereocenters. The van der Waals surface area contributed by atoms with Crippen LogP contribution in [0.15, 0.2) is 36.4 Å². The van der Waals surface area contributed by atoms with Crippen LogP contribution in [0.3, 0.4) is 0 Å². The van der Waals surface area contributed by atoms with Crippen LogP contribution in [0.25, 0.3) is 0 Å². The van der Waals surface area contributed by atoms with Gasteiger partial charge in [0.2, 0.25) is 0 Å². The number of carbonyl (C=O) groups excluding carboxylic acids is 1. The Morgan fingerprint density at radius 1 is 1.33 bits per heavy atom. The first kappa shape index (κ1) is 16.7. The molecule has 3 N–H and O–H groups in total. The Bertz CT molecular complexity index is 802. The van der Waals surface area contributed by atoms with Crippen LogP contribution in [0, 0.1) is 6.92 Å². The topological polar surface area (TPSA) is 64.3 Å². The van der Waals surface area contributed by atoms with E-state index in [1.165, 1.54) is 0 Å². The van der Waals surface area contributed by atoms with Gasteiger partial charge in [0.1, 0.15) is 11.4 Å². The standard InChI is InChI=1S/C19H21ClN2O2/c1-11-13(5-4-6-15(11)20)18(23)22-16-10-19(2,3)24-17-8-7-12(21)9-14(16)17/h4-9,16H,10,21H2,1-3H3,(H,22,23). The summed E-state index contributed by atoms with van der Waals surface area (Å²) in [5.74, 6) is 0.611. The van der Waals surface area contributed by atoms with Gasteiger partial charge in [0, 0.05) is 28.3 Å². The molecule has 0 bridgehead atoms. The molecule has 0 radical (unpaired) electrons. The average molecular weight is 345 g/mol. The van der Waals surface area contributed by atoms with Crippen LogP contribution >= 0.6 is 11.6 Å². The second-order valence-corrected chi connectivity index (χ2v) is 7.21. The largest absolute Gasteiger partial charge is 0.487 e. The first-order valence-corrected chi connectivity index (χ1v) is 8.29. The Labute approximate surface area is 147 Å². The van der Waals surface area contributed by atoms with E-state index in [2.05, 4.69) is 5.32 Å². The summed E-state index contributed by atoms with van der Waals surface area (Å²) in [6.07, 6.45) is 0.662. The predicted octanol–water partition coefficient (Wildman–Crippen LogP) is 4.26. The number of anilines is 1. The van der Waals surface area contributed by atoms with Gasteiger partial charge in [0.25, 0.3) is 5.91 Å². The van der Waals surface area contributed by atoms with E-state index in [-0.39, 0.29) is 17.6 Å². The molecule has 0 spiro atoms. The SMILES string of the molecule is Cc1c(Cl)cccc1C(=O)NC1CC(C)(C)Oc2ccc(N)cc21. The Morgan fingerprint density at radius 2 is 2.08 bits per heavy atom. The van der Waals surface area contributed by atoms with Crippen LogP contribution in [0.1, 0.15) is 47.8 Å². The minimum atomic E-state index is -0.371. The zero-order valence-electron chi connectivity index (χ0n) is 14.0. The summed E-state index contributed by atoms with van der Waals surface area (Å²) in [6, 6.07) is 10.7. The molecule has 1 amide bonds. The van der Waals surface area contributed by atoms with Crippen molar-refractivity contribution in [1.29, 1.82) is 0 Å². The van der Waals surface area contributed by atoms with Gasteiger partial charge in [-0.3, -0.25) is 4.79 Å². The average Bonchev–Trinajstić information content (AvgIpc) is 2.50. The number of amides is 1. The molecule has 2 aromatic rings. The highest BCUT2D eigenvalue weighted by molar-refractivity contribution is 6.31. The molecule has 0 fully saturated rings. The number of nitrogens with one attached hydrogen (secondary N) is 1. The number of hydrogen-bond donors (Lipinski definition) is 2. The number of nitrogens with two attached hydrogens (primary N) is 1. The summed E-state index contributed by atoms with van der Waals surface area (Å²) in [4.78, 5) is 12.7. The highest BCUT2D eigenvalue weighted by Gasteiger charge is 2.35. The van der Waals surface area contributed by atoms with Crippen molar-refractivity contribution in [3.05, 3.63) is 58.1 Å². The van der Waals surface area contributed by atoms with Crippen molar-refractivity contribution in [3.8, 4) is 5.75 Å². The molecule has 0 saturated carbocycles. The van der Waals surface area contributed by atoms with Gasteiger partial charge in [-0.05, 0) is 56.7 Å². The lowest BCUT2D eigenvalue weighted by molar-refractivity contribution is 0.0620. The fraction of sp³-hybridized carbons (Fsp3) is 0.316. The van der Waals surface area contributed by atoms with E-state index in [1.807, 2.05) is 32.9 Å². The van der Waals surface area contributed by atoms with E-state index in [0.29, 0.717) is 22.7 Å². The number of rotatable bonds is 2. The minimum absolute atomic E-state index is 0.147. The predicted molar refractivity (Wildman–Crippen MR) is 96.6 cm³/mol. The van der Waals surface area contributed by atoms with Gasteiger partial charge in [0.15, 0.2) is 0 Å². The molecular formula is C19H21ClN2O2. The number of ether oxygens (including phenoxy) is 1. The highest BCUT2D eigenvalue weighted by Crippen LogP contribution is 2.40. The number of nitrogen functional groups attached to an aromatic ring is 1. The molecule has 126 valence electrons. The number of carbonyl (C=O) groups is 1. The minimum Gasteiger partial charge on any atom is -0.487 e. The van der Waals surface area contributed by atoms with E-state index in [1.54, 1.807) is 24.3 Å². The van der Waals surface area contributed by atoms with E-state index in [0.717, 1.165) is 16.9 Å². The molecule has 2 aromatic carbocycles. The first-order chi connectivity index (χ1) is 11.3. The molecule has 0 aromatic heterocycles. The molecule has 1 aliphatic heterocycles. The first-order valence-electron chi connectivity index (χ1n) is 7.91. The molecule has 5 heteroatoms. The lowest BCUT2D eigenvalue weighted by Crippen LogP contribution is -2.41. The summed E-state index contributed by atoms with van der Waals surface area (Å²) >= 11 is 6.13. The number of halogens is 1. The third kappa shape index (κ3) is 3.20. The van der Waals surface area contributed by atoms with E-state index >= 15 is 0 Å². The van der Waals surface area contributed by atoms with Crippen molar-refractivity contribution in [3.63, 3.8) is 0 Å². The number of hydrogen-bond acceptors (Lipinski definition) is 3. The second-order valence-electron chi connectivity index (χ2n) is 6.80. The number of fused-ring (bicyclic) bond motifs is 1. The van der Waals surface area contributed by atoms with Crippen molar-refractivity contribution in [1.82, 2.24) is 5.32 Å². The van der Waals surface area contributed by atoms with Crippen LogP contribution in [0.2, 0.25) is 5.02 Å². The molecule has 4 nitrogen and oxygen atoms in total. The lowest BCUT2D eigenvalue weighted by Gasteiger charge is -2.38. The highest BCUT2D eigenvalue weighted by atomic mass is 35.5. The Kier molecular flexibility index (Phi) is 4.18. The molecule has 1 aliphatic rings. The summed E-state index contributed by atoms with van der Waals surface area (Å²) in [7, 11) is 0. The van der Waals surface area contributed by atoms with Crippen LogP contribution < -0.4 is 15.8 Å². The fourth-order valence-corrected chi connectivity index (χ4v) is 3.27. The van der Waals surface area contributed by atoms with Gasteiger partial charge in [-0.1, -0.05) is 17.7 Å². The normalized spacial score (nSPS) is 18.4. The van der Waals surface area contributed by atoms with Gasteiger partial charge in [-0.25, -0.2) is 0 Å². The summed E-state index contributed by atoms with van der Waals surface area (Å²) in [6.45, 7) is 5.86. The third-order valence-corrected chi connectivity index (χ3v) is 4.72. The fourth-order valence-electron chi connectivity index (χ4n) is 3.09. The van der Waals surface area contributed by atoms with Crippen molar-refractivity contribution in [2.75, 3.05) is 5.73 Å². The monoisotopic (exact) mass is 344 g/mol. The van der Waals surface area contributed by atoms with Crippen LogP contribution in [0.4, 0.5) is 5.69 Å². The molecule has 24 heavy (non-hydrogen) atoms. The molecular weight excluding hydrogens is 324 g/mol. The molecule has 0 aliphatic carbocycles. The van der Waals surface area contributed by atoms with Crippen molar-refractivity contribution >= 4 is 23.2 Å². The van der Waals surface area contributed by atoms with Gasteiger partial charge < -0.3 is 15.8 Å². The molecule has 3 rings (SSSR count). The third-order valence-electron chi connectivity index (χ3n) is 4.31. The van der Waals surface area contributed by atoms with Gasteiger partial charge in [-0.2, -0.15) is 0 Å². The zero-order valence-corrected chi connectivity index (χ0v) is 14.8. The van der Waals surface area contributed by atoms with Crippen molar-refractivity contribution < 1.29 is 9.53 Å². The Hall–Kier alpha value is -2.20. The maximum Gasteiger partial charge on any atom is 0.252 e. The molecule has 0 saturated heterocycles. The van der Waals surface area contributed by atoms with Crippen LogP contribution in [-0.4, -0.2) is 11.5 Å². The molecule has 1 atom stereocenters. The lowest BCUT2D eigenvalue weighted by atomic mass is 9.89. The maximum atomic E-state index is 12.7. The summed E-state index contributed by atoms with van der Waals surface area (Å²) < 4.78 is 6.01. The van der Waals surface area contributed by atoms with Crippen molar-refractivity contribution in [2.45, 2.75) is 38.8 Å². The quantitative estimate of drug-likeness (QED) is 0.800.